The van der Waals surface area contributed by atoms with E-state index in [1.807, 2.05) is 11.2 Å². The first-order valence-electron chi connectivity index (χ1n) is 6.00. The number of carbonyl (C=O) groups is 1. The summed E-state index contributed by atoms with van der Waals surface area (Å²) in [6, 6.07) is 2.17. The van der Waals surface area contributed by atoms with Crippen LogP contribution in [-0.4, -0.2) is 35.2 Å². The summed E-state index contributed by atoms with van der Waals surface area (Å²) < 4.78 is 0. The summed E-state index contributed by atoms with van der Waals surface area (Å²) in [7, 11) is 0. The van der Waals surface area contributed by atoms with Gasteiger partial charge in [-0.15, -0.1) is 11.8 Å². The van der Waals surface area contributed by atoms with Gasteiger partial charge < -0.3 is 10.6 Å². The molecule has 0 aliphatic carbocycles. The molecule has 2 heterocycles. The van der Waals surface area contributed by atoms with Crippen molar-refractivity contribution < 1.29 is 4.79 Å². The van der Waals surface area contributed by atoms with Crippen LogP contribution in [0.15, 0.2) is 11.4 Å². The van der Waals surface area contributed by atoms with Gasteiger partial charge in [0, 0.05) is 19.0 Å². The second kappa shape index (κ2) is 5.89. The Bertz CT molecular complexity index is 519. The fourth-order valence-electron chi connectivity index (χ4n) is 2.23. The Labute approximate surface area is 116 Å². The van der Waals surface area contributed by atoms with Crippen molar-refractivity contribution in [1.82, 2.24) is 9.97 Å². The van der Waals surface area contributed by atoms with Crippen LogP contribution >= 0.6 is 11.8 Å². The van der Waals surface area contributed by atoms with Crippen LogP contribution in [0.4, 0.5) is 5.82 Å². The highest BCUT2D eigenvalue weighted by Crippen LogP contribution is 2.28. The van der Waals surface area contributed by atoms with Gasteiger partial charge in [0.25, 0.3) is 0 Å². The van der Waals surface area contributed by atoms with Gasteiger partial charge in [0.2, 0.25) is 5.91 Å². The number of nitrogens with zero attached hydrogens (tertiary/aromatic N) is 4. The van der Waals surface area contributed by atoms with Gasteiger partial charge in [-0.2, -0.15) is 5.26 Å². The standard InChI is InChI=1S/C12H15N5OS/c1-19-12-9(6-13)11(15-7-16-12)17-4-2-8(3-5-17)10(14)18/h7-8H,2-5H2,1H3,(H2,14,18). The third-order valence-corrected chi connectivity index (χ3v) is 3.99. The number of hydrogen-bond donors (Lipinski definition) is 1. The first kappa shape index (κ1) is 13.6. The smallest absolute Gasteiger partial charge is 0.220 e. The number of primary amides is 1. The first-order valence-corrected chi connectivity index (χ1v) is 7.23. The minimum absolute atomic E-state index is 0.0661. The predicted molar refractivity (Wildman–Crippen MR) is 72.7 cm³/mol. The van der Waals surface area contributed by atoms with Crippen LogP contribution in [-0.2, 0) is 4.79 Å². The molecule has 6 nitrogen and oxygen atoms in total. The Morgan fingerprint density at radius 2 is 2.21 bits per heavy atom. The number of anilines is 1. The Balaban J connectivity index is 2.20. The minimum Gasteiger partial charge on any atom is -0.369 e. The predicted octanol–water partition coefficient (Wildman–Crippen LogP) is 0.772. The van der Waals surface area contributed by atoms with Crippen LogP contribution in [0.25, 0.3) is 0 Å². The molecule has 1 aromatic heterocycles. The number of aromatic nitrogens is 2. The topological polar surface area (TPSA) is 95.9 Å². The summed E-state index contributed by atoms with van der Waals surface area (Å²) in [6.07, 6.45) is 4.77. The van der Waals surface area contributed by atoms with Gasteiger partial charge in [0.1, 0.15) is 23.0 Å². The van der Waals surface area contributed by atoms with Crippen LogP contribution in [0.2, 0.25) is 0 Å². The molecule has 1 fully saturated rings. The molecular formula is C12H15N5OS. The molecule has 19 heavy (non-hydrogen) atoms. The summed E-state index contributed by atoms with van der Waals surface area (Å²) in [5.74, 6) is 0.348. The summed E-state index contributed by atoms with van der Waals surface area (Å²) in [4.78, 5) is 21.5. The van der Waals surface area contributed by atoms with Crippen molar-refractivity contribution in [3.8, 4) is 6.07 Å². The quantitative estimate of drug-likeness (QED) is 0.647. The fraction of sp³-hybridized carbons (Fsp3) is 0.500. The molecule has 1 aromatic rings. The highest BCUT2D eigenvalue weighted by atomic mass is 32.2. The Kier molecular flexibility index (Phi) is 4.22. The molecule has 0 spiro atoms. The SMILES string of the molecule is CSc1ncnc(N2CCC(C(N)=O)CC2)c1C#N. The van der Waals surface area contributed by atoms with E-state index in [2.05, 4.69) is 16.0 Å². The lowest BCUT2D eigenvalue weighted by atomic mass is 9.96. The van der Waals surface area contributed by atoms with Crippen molar-refractivity contribution in [1.29, 1.82) is 5.26 Å². The van der Waals surface area contributed by atoms with Crippen molar-refractivity contribution in [2.75, 3.05) is 24.2 Å². The summed E-state index contributed by atoms with van der Waals surface area (Å²) in [6.45, 7) is 1.38. The molecule has 1 aliphatic rings. The van der Waals surface area contributed by atoms with Crippen molar-refractivity contribution in [3.05, 3.63) is 11.9 Å². The van der Waals surface area contributed by atoms with E-state index in [1.54, 1.807) is 0 Å². The van der Waals surface area contributed by atoms with Crippen LogP contribution in [0.3, 0.4) is 0 Å². The van der Waals surface area contributed by atoms with E-state index in [0.717, 1.165) is 0 Å². The fourth-order valence-corrected chi connectivity index (χ4v) is 2.72. The molecule has 1 amide bonds. The average Bonchev–Trinajstić information content (AvgIpc) is 2.46. The number of rotatable bonds is 3. The van der Waals surface area contributed by atoms with Gasteiger partial charge in [-0.05, 0) is 19.1 Å². The lowest BCUT2D eigenvalue weighted by Crippen LogP contribution is -2.39. The van der Waals surface area contributed by atoms with Gasteiger partial charge in [0.15, 0.2) is 5.82 Å². The van der Waals surface area contributed by atoms with Crippen molar-refractivity contribution >= 4 is 23.5 Å². The third-order valence-electron chi connectivity index (χ3n) is 3.29. The summed E-state index contributed by atoms with van der Waals surface area (Å²) in [5, 5.41) is 9.94. The zero-order valence-corrected chi connectivity index (χ0v) is 11.5. The molecular weight excluding hydrogens is 262 g/mol. The number of carbonyl (C=O) groups excluding carboxylic acids is 1. The van der Waals surface area contributed by atoms with Crippen LogP contribution in [0, 0.1) is 17.2 Å². The number of amides is 1. The summed E-state index contributed by atoms with van der Waals surface area (Å²) >= 11 is 1.43. The van der Waals surface area contributed by atoms with Crippen molar-refractivity contribution in [3.63, 3.8) is 0 Å². The Hall–Kier alpha value is -1.81. The van der Waals surface area contributed by atoms with E-state index in [0.29, 0.717) is 42.3 Å². The van der Waals surface area contributed by atoms with Crippen molar-refractivity contribution in [2.45, 2.75) is 17.9 Å². The molecule has 0 radical (unpaired) electrons. The number of nitriles is 1. The van der Waals surface area contributed by atoms with E-state index in [4.69, 9.17) is 5.73 Å². The highest BCUT2D eigenvalue weighted by molar-refractivity contribution is 7.98. The maximum absolute atomic E-state index is 11.1. The molecule has 0 unspecified atom stereocenters. The number of nitrogens with two attached hydrogens (primary N) is 1. The molecule has 7 heteroatoms. The molecule has 100 valence electrons. The lowest BCUT2D eigenvalue weighted by Gasteiger charge is -2.31. The number of hydrogen-bond acceptors (Lipinski definition) is 6. The van der Waals surface area contributed by atoms with Gasteiger partial charge in [-0.1, -0.05) is 0 Å². The zero-order valence-electron chi connectivity index (χ0n) is 10.7. The lowest BCUT2D eigenvalue weighted by molar-refractivity contribution is -0.122. The molecule has 0 saturated carbocycles. The van der Waals surface area contributed by atoms with E-state index in [9.17, 15) is 10.1 Å². The van der Waals surface area contributed by atoms with Crippen LogP contribution in [0.5, 0.6) is 0 Å². The zero-order chi connectivity index (χ0) is 13.8. The second-order valence-electron chi connectivity index (χ2n) is 4.36. The third kappa shape index (κ3) is 2.79. The van der Waals surface area contributed by atoms with E-state index in [1.165, 1.54) is 18.1 Å². The second-order valence-corrected chi connectivity index (χ2v) is 5.15. The molecule has 2 rings (SSSR count). The molecule has 0 aromatic carbocycles. The van der Waals surface area contributed by atoms with Crippen LogP contribution < -0.4 is 10.6 Å². The molecule has 2 N–H and O–H groups in total. The average molecular weight is 277 g/mol. The maximum atomic E-state index is 11.1. The normalized spacial score (nSPS) is 16.1. The van der Waals surface area contributed by atoms with E-state index < -0.39 is 0 Å². The first-order chi connectivity index (χ1) is 9.17. The van der Waals surface area contributed by atoms with Gasteiger partial charge >= 0.3 is 0 Å². The minimum atomic E-state index is -0.243. The molecule has 1 aliphatic heterocycles. The maximum Gasteiger partial charge on any atom is 0.220 e. The van der Waals surface area contributed by atoms with E-state index in [-0.39, 0.29) is 11.8 Å². The highest BCUT2D eigenvalue weighted by Gasteiger charge is 2.26. The Morgan fingerprint density at radius 1 is 1.53 bits per heavy atom. The van der Waals surface area contributed by atoms with Gasteiger partial charge in [-0.3, -0.25) is 4.79 Å². The number of thioether (sulfide) groups is 1. The summed E-state index contributed by atoms with van der Waals surface area (Å²) in [5.41, 5.74) is 5.82. The largest absolute Gasteiger partial charge is 0.369 e. The number of piperidine rings is 1. The van der Waals surface area contributed by atoms with Gasteiger partial charge in [-0.25, -0.2) is 9.97 Å². The van der Waals surface area contributed by atoms with E-state index >= 15 is 0 Å². The van der Waals surface area contributed by atoms with Crippen molar-refractivity contribution in [2.24, 2.45) is 11.7 Å². The molecule has 0 bridgehead atoms. The monoisotopic (exact) mass is 277 g/mol. The van der Waals surface area contributed by atoms with Gasteiger partial charge in [0.05, 0.1) is 0 Å². The molecule has 1 saturated heterocycles. The van der Waals surface area contributed by atoms with Crippen LogP contribution in [0.1, 0.15) is 18.4 Å². The molecule has 0 atom stereocenters. The Morgan fingerprint density at radius 3 is 2.74 bits per heavy atom.